The van der Waals surface area contributed by atoms with Gasteiger partial charge in [0.05, 0.1) is 10.7 Å². The zero-order chi connectivity index (χ0) is 13.2. The molecule has 2 aromatic carbocycles. The summed E-state index contributed by atoms with van der Waals surface area (Å²) < 4.78 is 13.2. The number of halogens is 2. The maximum Gasteiger partial charge on any atom is 0.123 e. The molecule has 19 heavy (non-hydrogen) atoms. The summed E-state index contributed by atoms with van der Waals surface area (Å²) in [5, 5.41) is 7.58. The zero-order valence-electron chi connectivity index (χ0n) is 9.90. The van der Waals surface area contributed by atoms with Gasteiger partial charge in [-0.05, 0) is 12.1 Å². The van der Waals surface area contributed by atoms with Gasteiger partial charge < -0.3 is 0 Å². The van der Waals surface area contributed by atoms with Crippen LogP contribution < -0.4 is 0 Å². The summed E-state index contributed by atoms with van der Waals surface area (Å²) >= 11 is 6.33. The third kappa shape index (κ3) is 2.25. The third-order valence-electron chi connectivity index (χ3n) is 2.87. The molecule has 0 aliphatic heterocycles. The molecule has 94 valence electrons. The molecule has 0 saturated heterocycles. The average molecular weight is 273 g/mol. The van der Waals surface area contributed by atoms with Crippen LogP contribution in [0.1, 0.15) is 0 Å². The van der Waals surface area contributed by atoms with Crippen molar-refractivity contribution in [1.82, 2.24) is 10.2 Å². The highest BCUT2D eigenvalue weighted by Crippen LogP contribution is 2.34. The second kappa shape index (κ2) is 4.86. The average Bonchev–Trinajstić information content (AvgIpc) is 2.81. The van der Waals surface area contributed by atoms with Crippen molar-refractivity contribution in [2.24, 2.45) is 0 Å². The Labute approximate surface area is 114 Å². The molecule has 3 aromatic rings. The quantitative estimate of drug-likeness (QED) is 0.729. The van der Waals surface area contributed by atoms with E-state index in [2.05, 4.69) is 10.2 Å². The second-order valence-corrected chi connectivity index (χ2v) is 4.52. The third-order valence-corrected chi connectivity index (χ3v) is 3.24. The summed E-state index contributed by atoms with van der Waals surface area (Å²) in [7, 11) is 0. The number of aromatic nitrogens is 2. The van der Waals surface area contributed by atoms with Crippen molar-refractivity contribution in [3.8, 4) is 22.5 Å². The van der Waals surface area contributed by atoms with Gasteiger partial charge in [0.25, 0.3) is 0 Å². The molecule has 4 heteroatoms. The molecular formula is C15H10ClFN2. The number of rotatable bonds is 2. The monoisotopic (exact) mass is 272 g/mol. The largest absolute Gasteiger partial charge is 0.276 e. The fraction of sp³-hybridized carbons (Fsp3) is 0. The highest BCUT2D eigenvalue weighted by atomic mass is 35.5. The number of benzene rings is 2. The van der Waals surface area contributed by atoms with Crippen LogP contribution in [0, 0.1) is 5.82 Å². The topological polar surface area (TPSA) is 28.7 Å². The summed E-state index contributed by atoms with van der Waals surface area (Å²) in [6.45, 7) is 0. The van der Waals surface area contributed by atoms with E-state index in [9.17, 15) is 4.39 Å². The minimum Gasteiger partial charge on any atom is -0.276 e. The molecule has 1 N–H and O–H groups in total. The van der Waals surface area contributed by atoms with Crippen molar-refractivity contribution in [2.75, 3.05) is 0 Å². The van der Waals surface area contributed by atoms with Crippen molar-refractivity contribution >= 4 is 11.6 Å². The molecule has 0 aliphatic carbocycles. The van der Waals surface area contributed by atoms with Gasteiger partial charge in [0.2, 0.25) is 0 Å². The number of hydrogen-bond donors (Lipinski definition) is 1. The van der Waals surface area contributed by atoms with E-state index < -0.39 is 0 Å². The van der Waals surface area contributed by atoms with E-state index >= 15 is 0 Å². The van der Waals surface area contributed by atoms with Gasteiger partial charge >= 0.3 is 0 Å². The first-order valence-electron chi connectivity index (χ1n) is 5.81. The lowest BCUT2D eigenvalue weighted by Gasteiger charge is -1.99. The lowest BCUT2D eigenvalue weighted by atomic mass is 10.1. The Morgan fingerprint density at radius 1 is 0.947 bits per heavy atom. The fourth-order valence-electron chi connectivity index (χ4n) is 1.95. The Balaban J connectivity index is 2.09. The van der Waals surface area contributed by atoms with Gasteiger partial charge in [-0.15, -0.1) is 0 Å². The van der Waals surface area contributed by atoms with Gasteiger partial charge in [0, 0.05) is 11.1 Å². The van der Waals surface area contributed by atoms with Crippen LogP contribution in [0.15, 0.2) is 54.6 Å². The van der Waals surface area contributed by atoms with E-state index in [4.69, 9.17) is 11.6 Å². The van der Waals surface area contributed by atoms with Crippen LogP contribution in [-0.4, -0.2) is 10.2 Å². The summed E-state index contributed by atoms with van der Waals surface area (Å²) in [6.07, 6.45) is 0. The number of nitrogens with zero attached hydrogens (tertiary/aromatic N) is 1. The van der Waals surface area contributed by atoms with Crippen LogP contribution in [0.4, 0.5) is 4.39 Å². The molecule has 3 rings (SSSR count). The highest BCUT2D eigenvalue weighted by molar-refractivity contribution is 6.35. The number of hydrogen-bond acceptors (Lipinski definition) is 1. The molecule has 1 heterocycles. The number of nitrogens with one attached hydrogen (secondary N) is 1. The molecule has 2 nitrogen and oxygen atoms in total. The molecular weight excluding hydrogens is 263 g/mol. The first-order valence-corrected chi connectivity index (χ1v) is 6.19. The van der Waals surface area contributed by atoms with E-state index in [1.807, 2.05) is 30.3 Å². The predicted octanol–water partition coefficient (Wildman–Crippen LogP) is 4.54. The molecule has 1 aromatic heterocycles. The molecule has 0 unspecified atom stereocenters. The van der Waals surface area contributed by atoms with E-state index in [0.717, 1.165) is 11.3 Å². The summed E-state index contributed by atoms with van der Waals surface area (Å²) in [6, 6.07) is 15.9. The molecule has 0 fully saturated rings. The number of H-pyrrole nitrogens is 1. The van der Waals surface area contributed by atoms with Crippen LogP contribution in [0.25, 0.3) is 22.5 Å². The predicted molar refractivity (Wildman–Crippen MR) is 74.4 cm³/mol. The standard InChI is InChI=1S/C15H10ClFN2/c16-13-14(10-5-2-1-3-6-10)18-19-15(13)11-7-4-8-12(17)9-11/h1-9H,(H,18,19). The second-order valence-electron chi connectivity index (χ2n) is 4.14. The molecule has 0 spiro atoms. The van der Waals surface area contributed by atoms with Crippen LogP contribution in [-0.2, 0) is 0 Å². The van der Waals surface area contributed by atoms with Crippen LogP contribution >= 0.6 is 11.6 Å². The Kier molecular flexibility index (Phi) is 3.05. The van der Waals surface area contributed by atoms with E-state index in [1.54, 1.807) is 12.1 Å². The van der Waals surface area contributed by atoms with Crippen molar-refractivity contribution in [1.29, 1.82) is 0 Å². The minimum absolute atomic E-state index is 0.308. The normalized spacial score (nSPS) is 10.6. The molecule has 0 amide bonds. The first-order chi connectivity index (χ1) is 9.25. The van der Waals surface area contributed by atoms with Gasteiger partial charge in [0.15, 0.2) is 0 Å². The maximum absolute atomic E-state index is 13.2. The smallest absolute Gasteiger partial charge is 0.123 e. The molecule has 0 atom stereocenters. The van der Waals surface area contributed by atoms with Crippen LogP contribution in [0.2, 0.25) is 5.02 Å². The summed E-state index contributed by atoms with van der Waals surface area (Å²) in [4.78, 5) is 0. The van der Waals surface area contributed by atoms with Crippen LogP contribution in [0.3, 0.4) is 0 Å². The van der Waals surface area contributed by atoms with Crippen molar-refractivity contribution < 1.29 is 4.39 Å². The van der Waals surface area contributed by atoms with Gasteiger partial charge in [-0.2, -0.15) is 5.10 Å². The van der Waals surface area contributed by atoms with Crippen molar-refractivity contribution in [2.45, 2.75) is 0 Å². The first kappa shape index (κ1) is 11.9. The lowest BCUT2D eigenvalue weighted by Crippen LogP contribution is -1.80. The van der Waals surface area contributed by atoms with E-state index in [0.29, 0.717) is 16.3 Å². The van der Waals surface area contributed by atoms with Crippen molar-refractivity contribution in [3.63, 3.8) is 0 Å². The van der Waals surface area contributed by atoms with Crippen molar-refractivity contribution in [3.05, 3.63) is 65.4 Å². The SMILES string of the molecule is Fc1cccc(-c2n[nH]c(-c3ccccc3)c2Cl)c1. The maximum atomic E-state index is 13.2. The lowest BCUT2D eigenvalue weighted by molar-refractivity contribution is 0.628. The highest BCUT2D eigenvalue weighted by Gasteiger charge is 2.14. The summed E-state index contributed by atoms with van der Waals surface area (Å²) in [5.41, 5.74) is 2.90. The van der Waals surface area contributed by atoms with Gasteiger partial charge in [0.1, 0.15) is 11.5 Å². The number of aromatic amines is 1. The molecule has 0 saturated carbocycles. The Bertz CT molecular complexity index is 707. The van der Waals surface area contributed by atoms with E-state index in [1.165, 1.54) is 12.1 Å². The van der Waals surface area contributed by atoms with Gasteiger partial charge in [-0.1, -0.05) is 54.1 Å². The summed E-state index contributed by atoms with van der Waals surface area (Å²) in [5.74, 6) is -0.308. The van der Waals surface area contributed by atoms with Gasteiger partial charge in [-0.3, -0.25) is 5.10 Å². The minimum atomic E-state index is -0.308. The zero-order valence-corrected chi connectivity index (χ0v) is 10.7. The molecule has 0 bridgehead atoms. The van der Waals surface area contributed by atoms with Crippen LogP contribution in [0.5, 0.6) is 0 Å². The van der Waals surface area contributed by atoms with Gasteiger partial charge in [-0.25, -0.2) is 4.39 Å². The Morgan fingerprint density at radius 3 is 2.42 bits per heavy atom. The Morgan fingerprint density at radius 2 is 1.68 bits per heavy atom. The fourth-order valence-corrected chi connectivity index (χ4v) is 2.25. The molecule has 0 aliphatic rings. The Hall–Kier alpha value is -2.13. The molecule has 0 radical (unpaired) electrons. The van der Waals surface area contributed by atoms with E-state index in [-0.39, 0.29) is 5.82 Å².